The summed E-state index contributed by atoms with van der Waals surface area (Å²) in [5.41, 5.74) is 7.63. The lowest BCUT2D eigenvalue weighted by Crippen LogP contribution is -2.05. The van der Waals surface area contributed by atoms with Crippen molar-refractivity contribution in [3.05, 3.63) is 36.2 Å². The Kier molecular flexibility index (Phi) is 4.00. The number of rotatable bonds is 4. The molecule has 19 heavy (non-hydrogen) atoms. The van der Waals surface area contributed by atoms with E-state index in [9.17, 15) is 0 Å². The van der Waals surface area contributed by atoms with Gasteiger partial charge in [0, 0.05) is 18.1 Å². The molecule has 0 spiro atoms. The Morgan fingerprint density at radius 1 is 1.21 bits per heavy atom. The van der Waals surface area contributed by atoms with E-state index in [2.05, 4.69) is 9.97 Å². The molecular weight excluding hydrogens is 238 g/mol. The highest BCUT2D eigenvalue weighted by Gasteiger charge is 2.06. The van der Waals surface area contributed by atoms with Gasteiger partial charge < -0.3 is 10.5 Å². The number of hydrogen-bond donors (Lipinski definition) is 1. The van der Waals surface area contributed by atoms with Crippen molar-refractivity contribution in [3.8, 4) is 17.0 Å². The molecule has 0 aliphatic heterocycles. The van der Waals surface area contributed by atoms with Crippen molar-refractivity contribution >= 4 is 5.82 Å². The third-order valence-electron chi connectivity index (χ3n) is 2.61. The van der Waals surface area contributed by atoms with Crippen molar-refractivity contribution in [2.45, 2.75) is 33.3 Å². The zero-order valence-corrected chi connectivity index (χ0v) is 11.6. The maximum atomic E-state index is 5.81. The highest BCUT2D eigenvalue weighted by Crippen LogP contribution is 2.24. The van der Waals surface area contributed by atoms with E-state index in [1.165, 1.54) is 0 Å². The quantitative estimate of drug-likeness (QED) is 0.914. The van der Waals surface area contributed by atoms with E-state index in [0.717, 1.165) is 29.3 Å². The van der Waals surface area contributed by atoms with Gasteiger partial charge in [0.25, 0.3) is 0 Å². The first-order valence-electron chi connectivity index (χ1n) is 6.49. The van der Waals surface area contributed by atoms with Crippen LogP contribution in [0, 0.1) is 0 Å². The minimum atomic E-state index is 0.150. The number of anilines is 1. The molecule has 0 atom stereocenters. The van der Waals surface area contributed by atoms with Gasteiger partial charge in [0.05, 0.1) is 11.8 Å². The molecule has 0 radical (unpaired) electrons. The van der Waals surface area contributed by atoms with Gasteiger partial charge in [-0.25, -0.2) is 9.97 Å². The molecule has 0 fully saturated rings. The Bertz CT molecular complexity index is 567. The smallest absolute Gasteiger partial charge is 0.131 e. The monoisotopic (exact) mass is 257 g/mol. The first kappa shape index (κ1) is 13.3. The minimum absolute atomic E-state index is 0.150. The van der Waals surface area contributed by atoms with Crippen LogP contribution >= 0.6 is 0 Å². The fraction of sp³-hybridized carbons (Fsp3) is 0.333. The van der Waals surface area contributed by atoms with Crippen LogP contribution in [0.15, 0.2) is 30.3 Å². The van der Waals surface area contributed by atoms with E-state index in [4.69, 9.17) is 10.5 Å². The Hall–Kier alpha value is -2.10. The molecule has 4 heteroatoms. The summed E-state index contributed by atoms with van der Waals surface area (Å²) in [6.45, 7) is 6.02. The minimum Gasteiger partial charge on any atom is -0.491 e. The number of benzene rings is 1. The van der Waals surface area contributed by atoms with E-state index >= 15 is 0 Å². The number of nitrogens with zero attached hydrogens (tertiary/aromatic N) is 2. The van der Waals surface area contributed by atoms with Crippen LogP contribution in [0.4, 0.5) is 5.82 Å². The molecule has 0 bridgehead atoms. The van der Waals surface area contributed by atoms with Crippen molar-refractivity contribution < 1.29 is 4.74 Å². The van der Waals surface area contributed by atoms with Gasteiger partial charge in [-0.1, -0.05) is 19.1 Å². The lowest BCUT2D eigenvalue weighted by Gasteiger charge is -2.11. The lowest BCUT2D eigenvalue weighted by atomic mass is 10.1. The van der Waals surface area contributed by atoms with Gasteiger partial charge in [-0.05, 0) is 26.0 Å². The molecule has 0 unspecified atom stereocenters. The van der Waals surface area contributed by atoms with Crippen LogP contribution in [0.5, 0.6) is 5.75 Å². The topological polar surface area (TPSA) is 61.0 Å². The van der Waals surface area contributed by atoms with E-state index < -0.39 is 0 Å². The van der Waals surface area contributed by atoms with Gasteiger partial charge in [-0.2, -0.15) is 0 Å². The number of nitrogen functional groups attached to an aromatic ring is 1. The van der Waals surface area contributed by atoms with E-state index in [1.807, 2.05) is 45.0 Å². The fourth-order valence-corrected chi connectivity index (χ4v) is 1.82. The molecule has 0 saturated carbocycles. The van der Waals surface area contributed by atoms with E-state index in [0.29, 0.717) is 5.82 Å². The number of hydrogen-bond acceptors (Lipinski definition) is 4. The Morgan fingerprint density at radius 2 is 2.00 bits per heavy atom. The Labute approximate surface area is 113 Å². The van der Waals surface area contributed by atoms with Crippen molar-refractivity contribution in [1.29, 1.82) is 0 Å². The summed E-state index contributed by atoms with van der Waals surface area (Å²) >= 11 is 0. The molecule has 0 aliphatic rings. The number of aromatic nitrogens is 2. The standard InChI is InChI=1S/C15H19N3O/c1-4-15-17-13(9-14(16)18-15)11-6-5-7-12(8-11)19-10(2)3/h5-10H,4H2,1-3H3,(H2,16,17,18). The van der Waals surface area contributed by atoms with Crippen molar-refractivity contribution in [3.63, 3.8) is 0 Å². The third kappa shape index (κ3) is 3.44. The SMILES string of the molecule is CCc1nc(N)cc(-c2cccc(OC(C)C)c2)n1. The second-order valence-corrected chi connectivity index (χ2v) is 4.64. The summed E-state index contributed by atoms with van der Waals surface area (Å²) in [6.07, 6.45) is 0.914. The average molecular weight is 257 g/mol. The maximum Gasteiger partial charge on any atom is 0.131 e. The van der Waals surface area contributed by atoms with E-state index in [-0.39, 0.29) is 6.10 Å². The molecule has 100 valence electrons. The normalized spacial score (nSPS) is 10.7. The van der Waals surface area contributed by atoms with Crippen LogP contribution in [0.1, 0.15) is 26.6 Å². The van der Waals surface area contributed by atoms with Crippen LogP contribution in [-0.4, -0.2) is 16.1 Å². The van der Waals surface area contributed by atoms with E-state index in [1.54, 1.807) is 6.07 Å². The summed E-state index contributed by atoms with van der Waals surface area (Å²) in [6, 6.07) is 9.65. The van der Waals surface area contributed by atoms with Crippen molar-refractivity contribution in [2.24, 2.45) is 0 Å². The van der Waals surface area contributed by atoms with Crippen LogP contribution in [0.3, 0.4) is 0 Å². The number of aryl methyl sites for hydroxylation is 1. The first-order valence-corrected chi connectivity index (χ1v) is 6.49. The van der Waals surface area contributed by atoms with Crippen LogP contribution in [0.25, 0.3) is 11.3 Å². The van der Waals surface area contributed by atoms with Gasteiger partial charge in [0.15, 0.2) is 0 Å². The molecule has 2 N–H and O–H groups in total. The molecule has 2 rings (SSSR count). The van der Waals surface area contributed by atoms with Crippen molar-refractivity contribution in [1.82, 2.24) is 9.97 Å². The third-order valence-corrected chi connectivity index (χ3v) is 2.61. The molecule has 0 saturated heterocycles. The second-order valence-electron chi connectivity index (χ2n) is 4.64. The largest absolute Gasteiger partial charge is 0.491 e. The van der Waals surface area contributed by atoms with Gasteiger partial charge >= 0.3 is 0 Å². The summed E-state index contributed by atoms with van der Waals surface area (Å²) in [7, 11) is 0. The molecule has 1 aromatic heterocycles. The van der Waals surface area contributed by atoms with Gasteiger partial charge in [-0.3, -0.25) is 0 Å². The number of ether oxygens (including phenoxy) is 1. The maximum absolute atomic E-state index is 5.81. The molecular formula is C15H19N3O. The zero-order chi connectivity index (χ0) is 13.8. The molecule has 2 aromatic rings. The molecule has 1 aromatic carbocycles. The Balaban J connectivity index is 2.38. The summed E-state index contributed by atoms with van der Waals surface area (Å²) < 4.78 is 5.69. The first-order chi connectivity index (χ1) is 9.08. The van der Waals surface area contributed by atoms with Gasteiger partial charge in [0.1, 0.15) is 17.4 Å². The summed E-state index contributed by atoms with van der Waals surface area (Å²) in [4.78, 5) is 8.68. The van der Waals surface area contributed by atoms with Crippen LogP contribution in [0.2, 0.25) is 0 Å². The number of nitrogens with two attached hydrogens (primary N) is 1. The average Bonchev–Trinajstić information content (AvgIpc) is 2.37. The highest BCUT2D eigenvalue weighted by atomic mass is 16.5. The molecule has 0 amide bonds. The summed E-state index contributed by atoms with van der Waals surface area (Å²) in [5, 5.41) is 0. The fourth-order valence-electron chi connectivity index (χ4n) is 1.82. The van der Waals surface area contributed by atoms with Gasteiger partial charge in [0.2, 0.25) is 0 Å². The lowest BCUT2D eigenvalue weighted by molar-refractivity contribution is 0.242. The van der Waals surface area contributed by atoms with Crippen LogP contribution < -0.4 is 10.5 Å². The molecule has 4 nitrogen and oxygen atoms in total. The zero-order valence-electron chi connectivity index (χ0n) is 11.6. The predicted molar refractivity (Wildman–Crippen MR) is 77.0 cm³/mol. The highest BCUT2D eigenvalue weighted by molar-refractivity contribution is 5.63. The van der Waals surface area contributed by atoms with Gasteiger partial charge in [-0.15, -0.1) is 0 Å². The van der Waals surface area contributed by atoms with Crippen molar-refractivity contribution in [2.75, 3.05) is 5.73 Å². The Morgan fingerprint density at radius 3 is 2.68 bits per heavy atom. The summed E-state index contributed by atoms with van der Waals surface area (Å²) in [5.74, 6) is 2.09. The second kappa shape index (κ2) is 5.69. The van der Waals surface area contributed by atoms with Crippen LogP contribution in [-0.2, 0) is 6.42 Å². The molecule has 1 heterocycles. The predicted octanol–water partition coefficient (Wildman–Crippen LogP) is 3.08. The molecule has 0 aliphatic carbocycles.